The molecule has 3 heterocycles. The molecule has 2 saturated heterocycles. The van der Waals surface area contributed by atoms with Gasteiger partial charge in [0.15, 0.2) is 0 Å². The normalized spacial score (nSPS) is 18.0. The summed E-state index contributed by atoms with van der Waals surface area (Å²) in [6.07, 6.45) is 6.99. The molecule has 2 aliphatic heterocycles. The molecule has 28 heavy (non-hydrogen) atoms. The zero-order chi connectivity index (χ0) is 19.5. The number of amides is 3. The van der Waals surface area contributed by atoms with Crippen molar-refractivity contribution in [1.82, 2.24) is 24.9 Å². The third-order valence-electron chi connectivity index (χ3n) is 5.47. The van der Waals surface area contributed by atoms with Crippen LogP contribution < -0.4 is 5.32 Å². The Kier molecular flexibility index (Phi) is 5.52. The number of carbonyl (C=O) groups is 2. The molecule has 2 aliphatic rings. The van der Waals surface area contributed by atoms with Gasteiger partial charge in [-0.2, -0.15) is 5.10 Å². The number of urea groups is 1. The molecule has 0 unspecified atom stereocenters. The van der Waals surface area contributed by atoms with E-state index in [0.717, 1.165) is 37.1 Å². The second-order valence-corrected chi connectivity index (χ2v) is 7.77. The summed E-state index contributed by atoms with van der Waals surface area (Å²) in [6.45, 7) is 2.67. The average molecular weight is 402 g/mol. The zero-order valence-electron chi connectivity index (χ0n) is 15.7. The SMILES string of the molecule is O=C(NCc1cnn(-c2ccc(Cl)cc2)c1)N1CCC(N2CCCC2=O)CC1. The van der Waals surface area contributed by atoms with Gasteiger partial charge in [0.1, 0.15) is 0 Å². The fraction of sp³-hybridized carbons (Fsp3) is 0.450. The molecule has 0 atom stereocenters. The molecule has 0 radical (unpaired) electrons. The van der Waals surface area contributed by atoms with Gasteiger partial charge < -0.3 is 15.1 Å². The number of hydrogen-bond acceptors (Lipinski definition) is 3. The van der Waals surface area contributed by atoms with Gasteiger partial charge in [-0.3, -0.25) is 4.79 Å². The lowest BCUT2D eigenvalue weighted by molar-refractivity contribution is -0.130. The van der Waals surface area contributed by atoms with Gasteiger partial charge in [0.25, 0.3) is 0 Å². The Morgan fingerprint density at radius 2 is 1.93 bits per heavy atom. The molecule has 0 bridgehead atoms. The molecule has 0 spiro atoms. The lowest BCUT2D eigenvalue weighted by atomic mass is 10.0. The molecule has 1 aromatic carbocycles. The molecule has 148 valence electrons. The first-order chi connectivity index (χ1) is 13.6. The van der Waals surface area contributed by atoms with E-state index in [4.69, 9.17) is 11.6 Å². The molecule has 4 rings (SSSR count). The minimum absolute atomic E-state index is 0.0644. The molecule has 0 saturated carbocycles. The molecule has 2 aromatic rings. The second kappa shape index (κ2) is 8.22. The Balaban J connectivity index is 1.26. The van der Waals surface area contributed by atoms with Crippen LogP contribution in [0, 0.1) is 0 Å². The summed E-state index contributed by atoms with van der Waals surface area (Å²) < 4.78 is 1.76. The number of carbonyl (C=O) groups excluding carboxylic acids is 2. The number of nitrogens with zero attached hydrogens (tertiary/aromatic N) is 4. The van der Waals surface area contributed by atoms with Crippen LogP contribution in [0.15, 0.2) is 36.7 Å². The highest BCUT2D eigenvalue weighted by Crippen LogP contribution is 2.22. The van der Waals surface area contributed by atoms with Crippen LogP contribution in [0.5, 0.6) is 0 Å². The van der Waals surface area contributed by atoms with Crippen LogP contribution in [-0.2, 0) is 11.3 Å². The van der Waals surface area contributed by atoms with Gasteiger partial charge in [-0.15, -0.1) is 0 Å². The van der Waals surface area contributed by atoms with Crippen molar-refractivity contribution in [2.24, 2.45) is 0 Å². The molecular formula is C20H24ClN5O2. The van der Waals surface area contributed by atoms with Gasteiger partial charge in [-0.1, -0.05) is 11.6 Å². The van der Waals surface area contributed by atoms with E-state index in [1.807, 2.05) is 40.3 Å². The number of hydrogen-bond donors (Lipinski definition) is 1. The van der Waals surface area contributed by atoms with Crippen molar-refractivity contribution in [2.45, 2.75) is 38.3 Å². The Morgan fingerprint density at radius 3 is 2.61 bits per heavy atom. The number of halogens is 1. The maximum atomic E-state index is 12.5. The van der Waals surface area contributed by atoms with E-state index in [2.05, 4.69) is 10.4 Å². The number of nitrogens with one attached hydrogen (secondary N) is 1. The van der Waals surface area contributed by atoms with E-state index in [9.17, 15) is 9.59 Å². The Morgan fingerprint density at radius 1 is 1.18 bits per heavy atom. The van der Waals surface area contributed by atoms with Crippen molar-refractivity contribution < 1.29 is 9.59 Å². The van der Waals surface area contributed by atoms with Crippen LogP contribution in [0.3, 0.4) is 0 Å². The largest absolute Gasteiger partial charge is 0.340 e. The highest BCUT2D eigenvalue weighted by atomic mass is 35.5. The van der Waals surface area contributed by atoms with Crippen LogP contribution in [0.25, 0.3) is 5.69 Å². The van der Waals surface area contributed by atoms with Crippen LogP contribution in [0.4, 0.5) is 4.79 Å². The number of rotatable bonds is 4. The predicted octanol–water partition coefficient (Wildman–Crippen LogP) is 2.82. The van der Waals surface area contributed by atoms with Crippen molar-refractivity contribution in [2.75, 3.05) is 19.6 Å². The van der Waals surface area contributed by atoms with E-state index >= 15 is 0 Å². The van der Waals surface area contributed by atoms with Crippen LogP contribution in [-0.4, -0.2) is 57.2 Å². The minimum atomic E-state index is -0.0644. The molecule has 0 aliphatic carbocycles. The summed E-state index contributed by atoms with van der Waals surface area (Å²) >= 11 is 5.91. The van der Waals surface area contributed by atoms with Gasteiger partial charge in [0.2, 0.25) is 5.91 Å². The molecule has 2 fully saturated rings. The Labute approximate surface area is 169 Å². The number of aromatic nitrogens is 2. The Bertz CT molecular complexity index is 843. The average Bonchev–Trinajstić information content (AvgIpc) is 3.36. The van der Waals surface area contributed by atoms with E-state index in [0.29, 0.717) is 31.1 Å². The van der Waals surface area contributed by atoms with E-state index in [1.165, 1.54) is 0 Å². The summed E-state index contributed by atoms with van der Waals surface area (Å²) in [5.74, 6) is 0.264. The lowest BCUT2D eigenvalue weighted by Crippen LogP contribution is -2.49. The van der Waals surface area contributed by atoms with Gasteiger partial charge in [-0.05, 0) is 43.5 Å². The fourth-order valence-electron chi connectivity index (χ4n) is 3.91. The van der Waals surface area contributed by atoms with E-state index in [1.54, 1.807) is 10.9 Å². The zero-order valence-corrected chi connectivity index (χ0v) is 16.4. The van der Waals surface area contributed by atoms with Gasteiger partial charge >= 0.3 is 6.03 Å². The molecule has 7 nitrogen and oxygen atoms in total. The predicted molar refractivity (Wildman–Crippen MR) is 106 cm³/mol. The summed E-state index contributed by atoms with van der Waals surface area (Å²) in [7, 11) is 0. The van der Waals surface area contributed by atoms with E-state index in [-0.39, 0.29) is 18.0 Å². The molecule has 1 N–H and O–H groups in total. The van der Waals surface area contributed by atoms with Crippen molar-refractivity contribution in [3.63, 3.8) is 0 Å². The molecule has 3 amide bonds. The monoisotopic (exact) mass is 401 g/mol. The summed E-state index contributed by atoms with van der Waals surface area (Å²) in [5.41, 5.74) is 1.85. The fourth-order valence-corrected chi connectivity index (χ4v) is 4.04. The van der Waals surface area contributed by atoms with Crippen LogP contribution in [0.2, 0.25) is 5.02 Å². The van der Waals surface area contributed by atoms with Crippen LogP contribution >= 0.6 is 11.6 Å². The van der Waals surface area contributed by atoms with Gasteiger partial charge in [0.05, 0.1) is 11.9 Å². The highest BCUT2D eigenvalue weighted by molar-refractivity contribution is 6.30. The first kappa shape index (κ1) is 18.8. The van der Waals surface area contributed by atoms with Gasteiger partial charge in [0, 0.05) is 55.4 Å². The standard InChI is InChI=1S/C20H24ClN5O2/c21-16-3-5-18(6-4-16)26-14-15(13-23-26)12-22-20(28)24-10-7-17(8-11-24)25-9-1-2-19(25)27/h3-6,13-14,17H,1-2,7-12H2,(H,22,28). The summed E-state index contributed by atoms with van der Waals surface area (Å²) in [4.78, 5) is 28.2. The number of benzene rings is 1. The number of likely N-dealkylation sites (tertiary alicyclic amines) is 2. The maximum Gasteiger partial charge on any atom is 0.317 e. The number of piperidine rings is 1. The van der Waals surface area contributed by atoms with Crippen molar-refractivity contribution >= 4 is 23.5 Å². The van der Waals surface area contributed by atoms with Crippen molar-refractivity contribution in [3.8, 4) is 5.69 Å². The highest BCUT2D eigenvalue weighted by Gasteiger charge is 2.31. The Hall–Kier alpha value is -2.54. The van der Waals surface area contributed by atoms with Crippen molar-refractivity contribution in [3.05, 3.63) is 47.2 Å². The summed E-state index contributed by atoms with van der Waals surface area (Å²) in [6, 6.07) is 7.65. The van der Waals surface area contributed by atoms with Crippen molar-refractivity contribution in [1.29, 1.82) is 0 Å². The third kappa shape index (κ3) is 4.14. The lowest BCUT2D eigenvalue weighted by Gasteiger charge is -2.36. The molecule has 8 heteroatoms. The smallest absolute Gasteiger partial charge is 0.317 e. The maximum absolute atomic E-state index is 12.5. The first-order valence-corrected chi connectivity index (χ1v) is 10.1. The van der Waals surface area contributed by atoms with E-state index < -0.39 is 0 Å². The van der Waals surface area contributed by atoms with Gasteiger partial charge in [-0.25, -0.2) is 9.48 Å². The molecular weight excluding hydrogens is 378 g/mol. The van der Waals surface area contributed by atoms with Crippen LogP contribution in [0.1, 0.15) is 31.2 Å². The topological polar surface area (TPSA) is 70.5 Å². The third-order valence-corrected chi connectivity index (χ3v) is 5.73. The quantitative estimate of drug-likeness (QED) is 0.856. The summed E-state index contributed by atoms with van der Waals surface area (Å²) in [5, 5.41) is 7.99. The minimum Gasteiger partial charge on any atom is -0.340 e. The first-order valence-electron chi connectivity index (χ1n) is 9.72. The second-order valence-electron chi connectivity index (χ2n) is 7.34. The molecule has 1 aromatic heterocycles.